The van der Waals surface area contributed by atoms with Crippen molar-refractivity contribution in [1.82, 2.24) is 4.98 Å². The van der Waals surface area contributed by atoms with Gasteiger partial charge < -0.3 is 10.6 Å². The van der Waals surface area contributed by atoms with Gasteiger partial charge in [-0.2, -0.15) is 13.2 Å². The Morgan fingerprint density at radius 3 is 2.60 bits per heavy atom. The second kappa shape index (κ2) is 6.80. The Hall–Kier alpha value is -3.09. The lowest BCUT2D eigenvalue weighted by Gasteiger charge is -2.11. The van der Waals surface area contributed by atoms with Gasteiger partial charge in [-0.1, -0.05) is 24.3 Å². The summed E-state index contributed by atoms with van der Waals surface area (Å²) in [4.78, 5) is 16.3. The van der Waals surface area contributed by atoms with Crippen LogP contribution in [0.2, 0.25) is 0 Å². The van der Waals surface area contributed by atoms with Gasteiger partial charge in [0.05, 0.1) is 17.6 Å². The van der Waals surface area contributed by atoms with Crippen LogP contribution in [0, 0.1) is 0 Å². The minimum atomic E-state index is -4.42. The number of fused-ring (bicyclic) bond motifs is 1. The smallest absolute Gasteiger partial charge is 0.376 e. The van der Waals surface area contributed by atoms with Gasteiger partial charge >= 0.3 is 6.18 Å². The molecule has 0 radical (unpaired) electrons. The minimum Gasteiger partial charge on any atom is -0.376 e. The molecule has 0 bridgehead atoms. The fraction of sp³-hybridized carbons (Fsp3) is 0.111. The lowest BCUT2D eigenvalue weighted by atomic mass is 10.2. The fourth-order valence-electron chi connectivity index (χ4n) is 2.31. The van der Waals surface area contributed by atoms with Crippen LogP contribution in [0.1, 0.15) is 5.56 Å². The number of carbonyl (C=O) groups is 1. The fourth-order valence-corrected chi connectivity index (χ4v) is 2.31. The van der Waals surface area contributed by atoms with Crippen LogP contribution in [0.15, 0.2) is 60.7 Å². The largest absolute Gasteiger partial charge is 0.416 e. The molecule has 2 aromatic carbocycles. The molecule has 0 aliphatic carbocycles. The van der Waals surface area contributed by atoms with Crippen LogP contribution in [0.3, 0.4) is 0 Å². The number of anilines is 2. The number of alkyl halides is 3. The van der Waals surface area contributed by atoms with Crippen molar-refractivity contribution < 1.29 is 18.0 Å². The van der Waals surface area contributed by atoms with Crippen LogP contribution in [-0.2, 0) is 11.0 Å². The lowest BCUT2D eigenvalue weighted by Crippen LogP contribution is -2.22. The van der Waals surface area contributed by atoms with Crippen molar-refractivity contribution in [1.29, 1.82) is 0 Å². The predicted octanol–water partition coefficient (Wildman–Crippen LogP) is 4.30. The Bertz CT molecular complexity index is 909. The Labute approximate surface area is 141 Å². The highest BCUT2D eigenvalue weighted by molar-refractivity contribution is 5.94. The van der Waals surface area contributed by atoms with E-state index in [9.17, 15) is 18.0 Å². The molecule has 0 atom stereocenters. The number of amides is 1. The molecule has 0 spiro atoms. The minimum absolute atomic E-state index is 0.171. The average molecular weight is 345 g/mol. The number of hydrogen-bond donors (Lipinski definition) is 2. The summed E-state index contributed by atoms with van der Waals surface area (Å²) in [5, 5.41) is 6.24. The van der Waals surface area contributed by atoms with Crippen LogP contribution in [0.5, 0.6) is 0 Å². The van der Waals surface area contributed by atoms with E-state index < -0.39 is 17.6 Å². The van der Waals surface area contributed by atoms with Crippen molar-refractivity contribution in [3.8, 4) is 0 Å². The van der Waals surface area contributed by atoms with Gasteiger partial charge in [0.2, 0.25) is 5.91 Å². The van der Waals surface area contributed by atoms with Gasteiger partial charge in [-0.15, -0.1) is 0 Å². The molecule has 1 aromatic heterocycles. The summed E-state index contributed by atoms with van der Waals surface area (Å²) >= 11 is 0. The van der Waals surface area contributed by atoms with Crippen molar-refractivity contribution in [3.05, 3.63) is 66.2 Å². The van der Waals surface area contributed by atoms with E-state index in [0.29, 0.717) is 5.82 Å². The second-order valence-corrected chi connectivity index (χ2v) is 5.37. The molecule has 0 unspecified atom stereocenters. The van der Waals surface area contributed by atoms with E-state index in [1.165, 1.54) is 12.1 Å². The van der Waals surface area contributed by atoms with Gasteiger partial charge in [-0.05, 0) is 36.4 Å². The first kappa shape index (κ1) is 16.8. The Morgan fingerprint density at radius 2 is 1.80 bits per heavy atom. The van der Waals surface area contributed by atoms with Crippen LogP contribution >= 0.6 is 0 Å². The molecule has 0 aliphatic rings. The number of halogens is 3. The normalized spacial score (nSPS) is 11.3. The second-order valence-electron chi connectivity index (χ2n) is 5.37. The first-order chi connectivity index (χ1) is 11.9. The lowest BCUT2D eigenvalue weighted by molar-refractivity contribution is -0.137. The molecule has 1 heterocycles. The first-order valence-corrected chi connectivity index (χ1v) is 7.48. The highest BCUT2D eigenvalue weighted by atomic mass is 19.4. The number of carbonyl (C=O) groups excluding carboxylic acids is 1. The van der Waals surface area contributed by atoms with Crippen molar-refractivity contribution in [2.75, 3.05) is 17.2 Å². The summed E-state index contributed by atoms with van der Waals surface area (Å²) in [5.41, 5.74) is 0.191. The van der Waals surface area contributed by atoms with Crippen molar-refractivity contribution in [2.24, 2.45) is 0 Å². The summed E-state index contributed by atoms with van der Waals surface area (Å²) in [7, 11) is 0. The monoisotopic (exact) mass is 345 g/mol. The molecule has 1 amide bonds. The van der Waals surface area contributed by atoms with E-state index in [1.54, 1.807) is 6.07 Å². The summed E-state index contributed by atoms with van der Waals surface area (Å²) in [5.74, 6) is -0.0188. The third-order valence-electron chi connectivity index (χ3n) is 3.51. The SMILES string of the molecule is O=C(CNc1cccc(C(F)(F)F)c1)Nc1ccc2ccccc2n1. The molecule has 7 heteroatoms. The zero-order valence-corrected chi connectivity index (χ0v) is 13.0. The maximum Gasteiger partial charge on any atom is 0.416 e. The topological polar surface area (TPSA) is 54.0 Å². The maximum atomic E-state index is 12.7. The van der Waals surface area contributed by atoms with Crippen molar-refractivity contribution >= 4 is 28.3 Å². The molecule has 0 saturated heterocycles. The number of nitrogens with zero attached hydrogens (tertiary/aromatic N) is 1. The van der Waals surface area contributed by atoms with E-state index >= 15 is 0 Å². The van der Waals surface area contributed by atoms with Gasteiger partial charge in [-0.25, -0.2) is 4.98 Å². The number of hydrogen-bond acceptors (Lipinski definition) is 3. The average Bonchev–Trinajstić information content (AvgIpc) is 2.59. The molecule has 0 aliphatic heterocycles. The van der Waals surface area contributed by atoms with Crippen LogP contribution < -0.4 is 10.6 Å². The summed E-state index contributed by atoms with van der Waals surface area (Å²) < 4.78 is 38.0. The van der Waals surface area contributed by atoms with Crippen LogP contribution in [0.4, 0.5) is 24.7 Å². The first-order valence-electron chi connectivity index (χ1n) is 7.48. The molecule has 0 saturated carbocycles. The molecule has 4 nitrogen and oxygen atoms in total. The van der Waals surface area contributed by atoms with Crippen molar-refractivity contribution in [2.45, 2.75) is 6.18 Å². The third kappa shape index (κ3) is 4.26. The van der Waals surface area contributed by atoms with Gasteiger partial charge in [0.1, 0.15) is 5.82 Å². The quantitative estimate of drug-likeness (QED) is 0.741. The van der Waals surface area contributed by atoms with Crippen LogP contribution in [-0.4, -0.2) is 17.4 Å². The van der Waals surface area contributed by atoms with Crippen molar-refractivity contribution in [3.63, 3.8) is 0 Å². The molecule has 3 rings (SSSR count). The summed E-state index contributed by atoms with van der Waals surface area (Å²) in [6.45, 7) is -0.171. The number of aromatic nitrogens is 1. The predicted molar refractivity (Wildman–Crippen MR) is 90.3 cm³/mol. The third-order valence-corrected chi connectivity index (χ3v) is 3.51. The molecular weight excluding hydrogens is 331 g/mol. The number of rotatable bonds is 4. The highest BCUT2D eigenvalue weighted by Gasteiger charge is 2.30. The van der Waals surface area contributed by atoms with Gasteiger partial charge in [0.25, 0.3) is 0 Å². The molecule has 128 valence electrons. The Kier molecular flexibility index (Phi) is 4.56. The summed E-state index contributed by atoms with van der Waals surface area (Å²) in [6.07, 6.45) is -4.42. The summed E-state index contributed by atoms with van der Waals surface area (Å²) in [6, 6.07) is 15.7. The number of para-hydroxylation sites is 1. The van der Waals surface area contributed by atoms with Gasteiger partial charge in [0, 0.05) is 11.1 Å². The van der Waals surface area contributed by atoms with Crippen LogP contribution in [0.25, 0.3) is 10.9 Å². The number of nitrogens with one attached hydrogen (secondary N) is 2. The van der Waals surface area contributed by atoms with E-state index in [4.69, 9.17) is 0 Å². The zero-order chi connectivity index (χ0) is 17.9. The van der Waals surface area contributed by atoms with Gasteiger partial charge in [-0.3, -0.25) is 4.79 Å². The molecular formula is C18H14F3N3O. The Balaban J connectivity index is 1.62. The number of benzene rings is 2. The van der Waals surface area contributed by atoms with E-state index in [0.717, 1.165) is 23.0 Å². The Morgan fingerprint density at radius 1 is 1.00 bits per heavy atom. The molecule has 0 fully saturated rings. The van der Waals surface area contributed by atoms with E-state index in [2.05, 4.69) is 15.6 Å². The maximum absolute atomic E-state index is 12.7. The van der Waals surface area contributed by atoms with E-state index in [1.807, 2.05) is 30.3 Å². The zero-order valence-electron chi connectivity index (χ0n) is 13.0. The molecule has 25 heavy (non-hydrogen) atoms. The highest BCUT2D eigenvalue weighted by Crippen LogP contribution is 2.30. The molecule has 2 N–H and O–H groups in total. The number of pyridine rings is 1. The molecule has 3 aromatic rings. The standard InChI is InChI=1S/C18H14F3N3O/c19-18(20,21)13-5-3-6-14(10-13)22-11-17(25)24-16-9-8-12-4-1-2-7-15(12)23-16/h1-10,22H,11H2,(H,23,24,25). The van der Waals surface area contributed by atoms with Gasteiger partial charge in [0.15, 0.2) is 0 Å². The van der Waals surface area contributed by atoms with E-state index in [-0.39, 0.29) is 12.2 Å².